The van der Waals surface area contributed by atoms with E-state index < -0.39 is 17.4 Å². The van der Waals surface area contributed by atoms with Crippen LogP contribution in [0.15, 0.2) is 65.7 Å². The summed E-state index contributed by atoms with van der Waals surface area (Å²) in [6, 6.07) is 13.6. The molecule has 0 bridgehead atoms. The minimum Gasteiger partial charge on any atom is -0.316 e. The first-order valence-electron chi connectivity index (χ1n) is 9.50. The summed E-state index contributed by atoms with van der Waals surface area (Å²) in [4.78, 5) is 52.6. The van der Waals surface area contributed by atoms with E-state index in [-0.39, 0.29) is 30.0 Å². The lowest BCUT2D eigenvalue weighted by atomic mass is 10.0. The first kappa shape index (κ1) is 19.4. The highest BCUT2D eigenvalue weighted by molar-refractivity contribution is 6.21. The van der Waals surface area contributed by atoms with Crippen molar-refractivity contribution in [2.75, 3.05) is 0 Å². The van der Waals surface area contributed by atoms with Gasteiger partial charge in [0.2, 0.25) is 12.3 Å². The third-order valence-electron chi connectivity index (χ3n) is 5.37. The lowest BCUT2D eigenvalue weighted by molar-refractivity contribution is -0.683. The molecule has 1 aliphatic heterocycles. The Kier molecular flexibility index (Phi) is 4.87. The summed E-state index contributed by atoms with van der Waals surface area (Å²) in [6.07, 6.45) is 3.52. The molecular formula is C23H20N3O4+. The molecule has 0 unspecified atom stereocenters. The number of ketones is 1. The number of aryl methyl sites for hydroxylation is 1. The van der Waals surface area contributed by atoms with Crippen molar-refractivity contribution in [2.45, 2.75) is 20.0 Å². The second kappa shape index (κ2) is 7.51. The van der Waals surface area contributed by atoms with Crippen LogP contribution in [0, 0.1) is 6.92 Å². The molecule has 7 heteroatoms. The smallest absolute Gasteiger partial charge is 0.261 e. The lowest BCUT2D eigenvalue weighted by Gasteiger charge is -2.17. The average Bonchev–Trinajstić information content (AvgIpc) is 2.99. The molecule has 7 nitrogen and oxygen atoms in total. The molecule has 1 aromatic carbocycles. The van der Waals surface area contributed by atoms with Crippen LogP contribution in [0.4, 0.5) is 0 Å². The van der Waals surface area contributed by atoms with Crippen molar-refractivity contribution < 1.29 is 19.0 Å². The zero-order chi connectivity index (χ0) is 21.4. The molecule has 0 atom stereocenters. The fourth-order valence-electron chi connectivity index (χ4n) is 3.60. The number of aromatic nitrogens is 2. The third kappa shape index (κ3) is 3.24. The third-order valence-corrected chi connectivity index (χ3v) is 5.37. The number of rotatable bonds is 5. The van der Waals surface area contributed by atoms with Crippen LogP contribution >= 0.6 is 0 Å². The van der Waals surface area contributed by atoms with Gasteiger partial charge in [-0.2, -0.15) is 4.57 Å². The Bertz CT molecular complexity index is 1210. The highest BCUT2D eigenvalue weighted by Gasteiger charge is 2.36. The molecule has 0 spiro atoms. The van der Waals surface area contributed by atoms with Gasteiger partial charge in [0, 0.05) is 36.0 Å². The van der Waals surface area contributed by atoms with Gasteiger partial charge < -0.3 is 4.57 Å². The van der Waals surface area contributed by atoms with Crippen LogP contribution in [-0.4, -0.2) is 27.1 Å². The predicted octanol–water partition coefficient (Wildman–Crippen LogP) is 1.66. The van der Waals surface area contributed by atoms with Crippen molar-refractivity contribution in [3.63, 3.8) is 0 Å². The summed E-state index contributed by atoms with van der Waals surface area (Å²) < 4.78 is 3.13. The molecule has 1 aliphatic rings. The standard InChI is InChI=1S/C23H20N3O4/c1-15-12-18(20(27)14-25-10-6-3-7-11-25)19(21(28)24(15)2)13-26-22(29)16-8-4-5-9-17(16)23(26)30/h3-12H,13-14H2,1-2H3/q+1. The Hall–Kier alpha value is -3.87. The minimum atomic E-state index is -0.464. The molecule has 30 heavy (non-hydrogen) atoms. The van der Waals surface area contributed by atoms with Gasteiger partial charge in [0.25, 0.3) is 17.4 Å². The number of carbonyl (C=O) groups excluding carboxylic acids is 3. The van der Waals surface area contributed by atoms with Gasteiger partial charge in [0.1, 0.15) is 0 Å². The van der Waals surface area contributed by atoms with Gasteiger partial charge in [-0.15, -0.1) is 0 Å². The van der Waals surface area contributed by atoms with E-state index in [9.17, 15) is 19.2 Å². The van der Waals surface area contributed by atoms with Gasteiger partial charge in [-0.25, -0.2) is 0 Å². The summed E-state index contributed by atoms with van der Waals surface area (Å²) >= 11 is 0. The fraction of sp³-hybridized carbons (Fsp3) is 0.174. The number of carbonyl (C=O) groups is 3. The zero-order valence-electron chi connectivity index (χ0n) is 16.7. The molecule has 0 aliphatic carbocycles. The molecule has 0 saturated carbocycles. The molecule has 0 saturated heterocycles. The molecular weight excluding hydrogens is 382 g/mol. The zero-order valence-corrected chi connectivity index (χ0v) is 16.7. The number of Topliss-reactive ketones (excluding diaryl/α,β-unsaturated/α-hetero) is 1. The number of imide groups is 1. The molecule has 0 N–H and O–H groups in total. The Morgan fingerprint density at radius 1 is 0.933 bits per heavy atom. The maximum atomic E-state index is 13.0. The van der Waals surface area contributed by atoms with Crippen LogP contribution in [0.2, 0.25) is 0 Å². The molecule has 3 heterocycles. The molecule has 2 aromatic heterocycles. The molecule has 150 valence electrons. The van der Waals surface area contributed by atoms with Crippen molar-refractivity contribution in [1.82, 2.24) is 9.47 Å². The highest BCUT2D eigenvalue weighted by Crippen LogP contribution is 2.24. The van der Waals surface area contributed by atoms with Crippen LogP contribution in [-0.2, 0) is 20.1 Å². The summed E-state index contributed by atoms with van der Waals surface area (Å²) in [5.41, 5.74) is 1.20. The van der Waals surface area contributed by atoms with E-state index in [4.69, 9.17) is 0 Å². The van der Waals surface area contributed by atoms with E-state index >= 15 is 0 Å². The number of benzene rings is 1. The number of hydrogen-bond acceptors (Lipinski definition) is 4. The Morgan fingerprint density at radius 2 is 1.53 bits per heavy atom. The Balaban J connectivity index is 1.74. The van der Waals surface area contributed by atoms with Gasteiger partial charge in [-0.05, 0) is 25.1 Å². The highest BCUT2D eigenvalue weighted by atomic mass is 16.2. The lowest BCUT2D eigenvalue weighted by Crippen LogP contribution is -2.39. The molecule has 4 rings (SSSR count). The molecule has 3 aromatic rings. The van der Waals surface area contributed by atoms with Crippen LogP contribution in [0.25, 0.3) is 0 Å². The van der Waals surface area contributed by atoms with E-state index in [0.29, 0.717) is 16.8 Å². The maximum absolute atomic E-state index is 13.0. The Morgan fingerprint density at radius 3 is 2.13 bits per heavy atom. The first-order chi connectivity index (χ1) is 14.4. The van der Waals surface area contributed by atoms with Crippen molar-refractivity contribution in [1.29, 1.82) is 0 Å². The summed E-state index contributed by atoms with van der Waals surface area (Å²) in [7, 11) is 1.60. The maximum Gasteiger partial charge on any atom is 0.261 e. The van der Waals surface area contributed by atoms with E-state index in [1.807, 2.05) is 18.2 Å². The van der Waals surface area contributed by atoms with Crippen LogP contribution in [0.1, 0.15) is 42.3 Å². The second-order valence-electron chi connectivity index (χ2n) is 7.26. The van der Waals surface area contributed by atoms with Crippen molar-refractivity contribution >= 4 is 17.6 Å². The predicted molar refractivity (Wildman–Crippen MR) is 108 cm³/mol. The number of fused-ring (bicyclic) bond motifs is 1. The van der Waals surface area contributed by atoms with Gasteiger partial charge in [-0.1, -0.05) is 18.2 Å². The normalized spacial score (nSPS) is 12.9. The van der Waals surface area contributed by atoms with Gasteiger partial charge in [-0.3, -0.25) is 24.1 Å². The van der Waals surface area contributed by atoms with Gasteiger partial charge >= 0.3 is 0 Å². The van der Waals surface area contributed by atoms with Crippen molar-refractivity contribution in [3.05, 3.63) is 99.2 Å². The van der Waals surface area contributed by atoms with E-state index in [2.05, 4.69) is 0 Å². The number of amides is 2. The summed E-state index contributed by atoms with van der Waals surface area (Å²) in [6.45, 7) is 1.53. The van der Waals surface area contributed by atoms with E-state index in [0.717, 1.165) is 4.90 Å². The topological polar surface area (TPSA) is 80.3 Å². The SMILES string of the molecule is Cc1cc(C(=O)C[n+]2ccccc2)c(CN2C(=O)c3ccccc3C2=O)c(=O)n1C. The monoisotopic (exact) mass is 402 g/mol. The van der Waals surface area contributed by atoms with E-state index in [1.165, 1.54) is 4.57 Å². The largest absolute Gasteiger partial charge is 0.316 e. The van der Waals surface area contributed by atoms with Crippen LogP contribution in [0.5, 0.6) is 0 Å². The average molecular weight is 402 g/mol. The number of pyridine rings is 2. The van der Waals surface area contributed by atoms with Gasteiger partial charge in [0.05, 0.1) is 17.7 Å². The first-order valence-corrected chi connectivity index (χ1v) is 9.50. The second-order valence-corrected chi connectivity index (χ2v) is 7.26. The summed E-state index contributed by atoms with van der Waals surface area (Å²) in [5, 5.41) is 0. The molecule has 0 radical (unpaired) electrons. The fourth-order valence-corrected chi connectivity index (χ4v) is 3.60. The quantitative estimate of drug-likeness (QED) is 0.369. The molecule has 0 fully saturated rings. The number of nitrogens with zero attached hydrogens (tertiary/aromatic N) is 3. The van der Waals surface area contributed by atoms with Crippen molar-refractivity contribution in [3.8, 4) is 0 Å². The van der Waals surface area contributed by atoms with E-state index in [1.54, 1.807) is 61.3 Å². The van der Waals surface area contributed by atoms with Crippen LogP contribution in [0.3, 0.4) is 0 Å². The van der Waals surface area contributed by atoms with Crippen LogP contribution < -0.4 is 10.1 Å². The Labute approximate surface area is 172 Å². The van der Waals surface area contributed by atoms with Gasteiger partial charge in [0.15, 0.2) is 12.4 Å². The minimum absolute atomic E-state index is 0.0442. The number of hydrogen-bond donors (Lipinski definition) is 0. The van der Waals surface area contributed by atoms with Crippen molar-refractivity contribution in [2.24, 2.45) is 7.05 Å². The summed E-state index contributed by atoms with van der Waals surface area (Å²) in [5.74, 6) is -1.19. The molecule has 2 amide bonds.